The van der Waals surface area contributed by atoms with Gasteiger partial charge in [0.15, 0.2) is 0 Å². The number of anilines is 1. The molecule has 3 N–H and O–H groups in total. The largest absolute Gasteiger partial charge is 0.398 e. The molecule has 0 spiro atoms. The minimum Gasteiger partial charge on any atom is -0.398 e. The quantitative estimate of drug-likeness (QED) is 0.773. The molecule has 4 nitrogen and oxygen atoms in total. The Morgan fingerprint density at radius 1 is 1.35 bits per heavy atom. The summed E-state index contributed by atoms with van der Waals surface area (Å²) in [6.45, 7) is 3.82. The van der Waals surface area contributed by atoms with E-state index in [-0.39, 0.29) is 11.9 Å². The molecule has 0 aliphatic rings. The van der Waals surface area contributed by atoms with Crippen LogP contribution in [0.2, 0.25) is 0 Å². The first-order valence-corrected chi connectivity index (χ1v) is 5.53. The van der Waals surface area contributed by atoms with Crippen LogP contribution in [0.5, 0.6) is 0 Å². The van der Waals surface area contributed by atoms with Crippen LogP contribution in [0.25, 0.3) is 10.8 Å². The average Bonchev–Trinajstić information content (AvgIpc) is 2.28. The molecule has 1 heterocycles. The van der Waals surface area contributed by atoms with Crippen LogP contribution in [0.1, 0.15) is 24.3 Å². The molecule has 0 aliphatic carbocycles. The van der Waals surface area contributed by atoms with Crippen molar-refractivity contribution >= 4 is 22.4 Å². The SMILES string of the molecule is CC(C)NC(=O)c1nccc2cccc(N)c12. The third kappa shape index (κ3) is 2.20. The molecule has 0 bridgehead atoms. The number of amides is 1. The van der Waals surface area contributed by atoms with Crippen LogP contribution in [0.3, 0.4) is 0 Å². The number of benzene rings is 1. The van der Waals surface area contributed by atoms with Gasteiger partial charge < -0.3 is 11.1 Å². The Morgan fingerprint density at radius 2 is 2.12 bits per heavy atom. The number of rotatable bonds is 2. The second-order valence-electron chi connectivity index (χ2n) is 4.23. The maximum Gasteiger partial charge on any atom is 0.270 e. The highest BCUT2D eigenvalue weighted by atomic mass is 16.1. The van der Waals surface area contributed by atoms with E-state index in [1.165, 1.54) is 0 Å². The van der Waals surface area contributed by atoms with Gasteiger partial charge in [-0.15, -0.1) is 0 Å². The van der Waals surface area contributed by atoms with Crippen LogP contribution < -0.4 is 11.1 Å². The van der Waals surface area contributed by atoms with Gasteiger partial charge in [0.05, 0.1) is 0 Å². The van der Waals surface area contributed by atoms with E-state index >= 15 is 0 Å². The summed E-state index contributed by atoms with van der Waals surface area (Å²) in [5.74, 6) is -0.191. The van der Waals surface area contributed by atoms with Crippen molar-refractivity contribution in [2.75, 3.05) is 5.73 Å². The van der Waals surface area contributed by atoms with Gasteiger partial charge in [-0.1, -0.05) is 12.1 Å². The number of aromatic nitrogens is 1. The van der Waals surface area contributed by atoms with Gasteiger partial charge in [0, 0.05) is 23.3 Å². The van der Waals surface area contributed by atoms with E-state index in [0.717, 1.165) is 5.39 Å². The van der Waals surface area contributed by atoms with Gasteiger partial charge >= 0.3 is 0 Å². The molecule has 0 atom stereocenters. The minimum atomic E-state index is -0.191. The lowest BCUT2D eigenvalue weighted by atomic mass is 10.1. The van der Waals surface area contributed by atoms with E-state index in [1.807, 2.05) is 32.0 Å². The van der Waals surface area contributed by atoms with E-state index in [1.54, 1.807) is 12.3 Å². The van der Waals surface area contributed by atoms with Crippen LogP contribution in [0.15, 0.2) is 30.5 Å². The lowest BCUT2D eigenvalue weighted by Gasteiger charge is -2.10. The van der Waals surface area contributed by atoms with Crippen LogP contribution in [-0.2, 0) is 0 Å². The third-order valence-corrected chi connectivity index (χ3v) is 2.46. The number of nitrogens with two attached hydrogens (primary N) is 1. The Hall–Kier alpha value is -2.10. The van der Waals surface area contributed by atoms with Crippen molar-refractivity contribution < 1.29 is 4.79 Å². The van der Waals surface area contributed by atoms with Gasteiger partial charge in [0.1, 0.15) is 5.69 Å². The van der Waals surface area contributed by atoms with Gasteiger partial charge in [-0.05, 0) is 31.4 Å². The average molecular weight is 229 g/mol. The molecule has 88 valence electrons. The van der Waals surface area contributed by atoms with Crippen molar-refractivity contribution in [3.8, 4) is 0 Å². The van der Waals surface area contributed by atoms with E-state index in [9.17, 15) is 4.79 Å². The third-order valence-electron chi connectivity index (χ3n) is 2.46. The summed E-state index contributed by atoms with van der Waals surface area (Å²) in [6.07, 6.45) is 1.62. The van der Waals surface area contributed by atoms with Crippen LogP contribution in [0, 0.1) is 0 Å². The van der Waals surface area contributed by atoms with E-state index in [2.05, 4.69) is 10.3 Å². The van der Waals surface area contributed by atoms with E-state index in [4.69, 9.17) is 5.73 Å². The summed E-state index contributed by atoms with van der Waals surface area (Å²) < 4.78 is 0. The highest BCUT2D eigenvalue weighted by Crippen LogP contribution is 2.23. The highest BCUT2D eigenvalue weighted by Gasteiger charge is 2.13. The van der Waals surface area contributed by atoms with Crippen LogP contribution in [-0.4, -0.2) is 16.9 Å². The first-order chi connectivity index (χ1) is 8.09. The molecule has 0 unspecified atom stereocenters. The number of carbonyl (C=O) groups excluding carboxylic acids is 1. The Morgan fingerprint density at radius 3 is 2.82 bits per heavy atom. The fourth-order valence-corrected chi connectivity index (χ4v) is 1.76. The standard InChI is InChI=1S/C13H15N3O/c1-8(2)16-13(17)12-11-9(6-7-15-12)4-3-5-10(11)14/h3-8H,14H2,1-2H3,(H,16,17). The first-order valence-electron chi connectivity index (χ1n) is 5.53. The molecule has 1 amide bonds. The van der Waals surface area contributed by atoms with Gasteiger partial charge in [0.2, 0.25) is 0 Å². The predicted octanol–water partition coefficient (Wildman–Crippen LogP) is 1.96. The Labute approximate surface area is 99.8 Å². The minimum absolute atomic E-state index is 0.0736. The lowest BCUT2D eigenvalue weighted by molar-refractivity contribution is 0.0940. The van der Waals surface area contributed by atoms with Gasteiger partial charge in [-0.3, -0.25) is 9.78 Å². The maximum atomic E-state index is 12.0. The molecular weight excluding hydrogens is 214 g/mol. The number of hydrogen-bond acceptors (Lipinski definition) is 3. The van der Waals surface area contributed by atoms with Gasteiger partial charge in [0.25, 0.3) is 5.91 Å². The summed E-state index contributed by atoms with van der Waals surface area (Å²) in [7, 11) is 0. The molecule has 2 aromatic rings. The first kappa shape index (κ1) is 11.4. The van der Waals surface area contributed by atoms with Crippen molar-refractivity contribution in [1.29, 1.82) is 0 Å². The molecule has 17 heavy (non-hydrogen) atoms. The Balaban J connectivity index is 2.58. The Kier molecular flexibility index (Phi) is 2.95. The van der Waals surface area contributed by atoms with Crippen molar-refractivity contribution in [2.45, 2.75) is 19.9 Å². The second kappa shape index (κ2) is 4.41. The zero-order chi connectivity index (χ0) is 12.4. The number of carbonyl (C=O) groups is 1. The van der Waals surface area contributed by atoms with Gasteiger partial charge in [-0.2, -0.15) is 0 Å². The molecule has 0 aliphatic heterocycles. The second-order valence-corrected chi connectivity index (χ2v) is 4.23. The molecule has 0 radical (unpaired) electrons. The van der Waals surface area contributed by atoms with Crippen molar-refractivity contribution in [3.05, 3.63) is 36.2 Å². The molecule has 0 saturated heterocycles. The highest BCUT2D eigenvalue weighted by molar-refractivity contribution is 6.09. The number of nitrogens with one attached hydrogen (secondary N) is 1. The van der Waals surface area contributed by atoms with Crippen LogP contribution >= 0.6 is 0 Å². The number of nitrogens with zero attached hydrogens (tertiary/aromatic N) is 1. The smallest absolute Gasteiger partial charge is 0.270 e. The fourth-order valence-electron chi connectivity index (χ4n) is 1.76. The molecule has 1 aromatic carbocycles. The van der Waals surface area contributed by atoms with Crippen LogP contribution in [0.4, 0.5) is 5.69 Å². The topological polar surface area (TPSA) is 68.0 Å². The number of fused-ring (bicyclic) bond motifs is 1. The molecule has 1 aromatic heterocycles. The van der Waals surface area contributed by atoms with Crippen molar-refractivity contribution in [2.24, 2.45) is 0 Å². The Bertz CT molecular complexity index is 558. The summed E-state index contributed by atoms with van der Waals surface area (Å²) in [5, 5.41) is 4.46. The predicted molar refractivity (Wildman–Crippen MR) is 68.8 cm³/mol. The van der Waals surface area contributed by atoms with Crippen molar-refractivity contribution in [1.82, 2.24) is 10.3 Å². The summed E-state index contributed by atoms with van der Waals surface area (Å²) in [6, 6.07) is 7.47. The maximum absolute atomic E-state index is 12.0. The molecule has 0 fully saturated rings. The van der Waals surface area contributed by atoms with E-state index < -0.39 is 0 Å². The van der Waals surface area contributed by atoms with E-state index in [0.29, 0.717) is 16.8 Å². The molecule has 2 rings (SSSR count). The summed E-state index contributed by atoms with van der Waals surface area (Å²) in [4.78, 5) is 16.1. The lowest BCUT2D eigenvalue weighted by Crippen LogP contribution is -2.31. The van der Waals surface area contributed by atoms with Crippen molar-refractivity contribution in [3.63, 3.8) is 0 Å². The monoisotopic (exact) mass is 229 g/mol. The number of nitrogen functional groups attached to an aromatic ring is 1. The normalized spacial score (nSPS) is 10.8. The zero-order valence-corrected chi connectivity index (χ0v) is 9.90. The molecular formula is C13H15N3O. The molecule has 0 saturated carbocycles. The summed E-state index contributed by atoms with van der Waals surface area (Å²) >= 11 is 0. The number of pyridine rings is 1. The molecule has 4 heteroatoms. The number of hydrogen-bond donors (Lipinski definition) is 2. The fraction of sp³-hybridized carbons (Fsp3) is 0.231. The zero-order valence-electron chi connectivity index (χ0n) is 9.90. The summed E-state index contributed by atoms with van der Waals surface area (Å²) in [5.41, 5.74) is 6.86. The van der Waals surface area contributed by atoms with Gasteiger partial charge in [-0.25, -0.2) is 0 Å².